The normalized spacial score (nSPS) is 10.5. The van der Waals surface area contributed by atoms with E-state index in [1.807, 2.05) is 6.26 Å². The summed E-state index contributed by atoms with van der Waals surface area (Å²) in [5.41, 5.74) is 0.420. The van der Waals surface area contributed by atoms with Crippen LogP contribution < -0.4 is 4.74 Å². The maximum atomic E-state index is 12.9. The lowest BCUT2D eigenvalue weighted by Gasteiger charge is -2.02. The highest BCUT2D eigenvalue weighted by molar-refractivity contribution is 7.98. The van der Waals surface area contributed by atoms with Gasteiger partial charge in [0.15, 0.2) is 0 Å². The van der Waals surface area contributed by atoms with Crippen LogP contribution in [-0.4, -0.2) is 15.6 Å². The lowest BCUT2D eigenvalue weighted by molar-refractivity contribution is 0.301. The first-order valence-corrected chi connectivity index (χ1v) is 6.62. The molecular weight excluding hydrogens is 266 g/mol. The summed E-state index contributed by atoms with van der Waals surface area (Å²) in [6.07, 6.45) is 1.85. The molecular formula is C10H8F2N2OS2. The van der Waals surface area contributed by atoms with E-state index in [0.29, 0.717) is 15.9 Å². The molecule has 90 valence electrons. The molecule has 2 aromatic rings. The molecule has 3 nitrogen and oxygen atoms in total. The standard InChI is InChI=1S/C10H8F2N2OS2/c1-16-9-13-10(17-14-9)15-5-6-2-7(11)4-8(12)3-6/h2-4H,5H2,1H3. The number of thioether (sulfide) groups is 1. The van der Waals surface area contributed by atoms with E-state index in [-0.39, 0.29) is 6.61 Å². The molecule has 0 N–H and O–H groups in total. The fourth-order valence-corrected chi connectivity index (χ4v) is 2.26. The first-order chi connectivity index (χ1) is 8.17. The molecule has 0 saturated carbocycles. The monoisotopic (exact) mass is 274 g/mol. The minimum atomic E-state index is -0.620. The first-order valence-electron chi connectivity index (χ1n) is 4.63. The van der Waals surface area contributed by atoms with E-state index in [1.165, 1.54) is 23.9 Å². The quantitative estimate of drug-likeness (QED) is 0.802. The van der Waals surface area contributed by atoms with Gasteiger partial charge in [0.1, 0.15) is 18.2 Å². The Morgan fingerprint density at radius 1 is 1.29 bits per heavy atom. The molecule has 0 radical (unpaired) electrons. The van der Waals surface area contributed by atoms with Gasteiger partial charge in [0.2, 0.25) is 5.16 Å². The minimum Gasteiger partial charge on any atom is -0.464 e. The zero-order valence-electron chi connectivity index (χ0n) is 8.81. The average molecular weight is 274 g/mol. The topological polar surface area (TPSA) is 35.0 Å². The van der Waals surface area contributed by atoms with Crippen LogP contribution in [0.1, 0.15) is 5.56 Å². The zero-order valence-corrected chi connectivity index (χ0v) is 10.4. The van der Waals surface area contributed by atoms with Gasteiger partial charge in [-0.15, -0.1) is 0 Å². The molecule has 1 aromatic heterocycles. The van der Waals surface area contributed by atoms with Gasteiger partial charge in [-0.25, -0.2) is 8.78 Å². The Balaban J connectivity index is 2.01. The summed E-state index contributed by atoms with van der Waals surface area (Å²) >= 11 is 2.51. The van der Waals surface area contributed by atoms with Gasteiger partial charge < -0.3 is 4.74 Å². The highest BCUT2D eigenvalue weighted by Crippen LogP contribution is 2.21. The Bertz CT molecular complexity index is 499. The van der Waals surface area contributed by atoms with Crippen molar-refractivity contribution in [3.8, 4) is 5.19 Å². The minimum absolute atomic E-state index is 0.0672. The van der Waals surface area contributed by atoms with Gasteiger partial charge in [-0.05, 0) is 24.0 Å². The molecule has 0 unspecified atom stereocenters. The van der Waals surface area contributed by atoms with Gasteiger partial charge in [0, 0.05) is 17.6 Å². The second-order valence-electron chi connectivity index (χ2n) is 3.11. The smallest absolute Gasteiger partial charge is 0.294 e. The molecule has 1 aromatic carbocycles. The van der Waals surface area contributed by atoms with Gasteiger partial charge in [-0.3, -0.25) is 0 Å². The average Bonchev–Trinajstić information content (AvgIpc) is 2.73. The summed E-state index contributed by atoms with van der Waals surface area (Å²) in [6, 6.07) is 3.26. The van der Waals surface area contributed by atoms with Gasteiger partial charge >= 0.3 is 0 Å². The van der Waals surface area contributed by atoms with Crippen molar-refractivity contribution in [1.82, 2.24) is 9.36 Å². The van der Waals surface area contributed by atoms with Crippen LogP contribution in [0.2, 0.25) is 0 Å². The van der Waals surface area contributed by atoms with Crippen molar-refractivity contribution in [2.45, 2.75) is 11.8 Å². The van der Waals surface area contributed by atoms with Crippen LogP contribution in [0.5, 0.6) is 5.19 Å². The van der Waals surface area contributed by atoms with Crippen LogP contribution in [0, 0.1) is 11.6 Å². The molecule has 0 saturated heterocycles. The summed E-state index contributed by atoms with van der Waals surface area (Å²) in [6.45, 7) is 0.0672. The fourth-order valence-electron chi connectivity index (χ4n) is 1.18. The molecule has 0 amide bonds. The van der Waals surface area contributed by atoms with E-state index in [1.54, 1.807) is 0 Å². The number of benzene rings is 1. The number of hydrogen-bond donors (Lipinski definition) is 0. The third-order valence-corrected chi connectivity index (χ3v) is 3.15. The number of hydrogen-bond acceptors (Lipinski definition) is 5. The second-order valence-corrected chi connectivity index (χ2v) is 4.60. The van der Waals surface area contributed by atoms with Gasteiger partial charge in [-0.2, -0.15) is 9.36 Å². The third-order valence-electron chi connectivity index (χ3n) is 1.86. The Hall–Kier alpha value is -1.21. The van der Waals surface area contributed by atoms with E-state index < -0.39 is 11.6 Å². The summed E-state index contributed by atoms with van der Waals surface area (Å²) in [4.78, 5) is 4.05. The highest BCUT2D eigenvalue weighted by Gasteiger charge is 2.05. The van der Waals surface area contributed by atoms with Crippen LogP contribution >= 0.6 is 23.3 Å². The van der Waals surface area contributed by atoms with Crippen molar-refractivity contribution >= 4 is 23.3 Å². The van der Waals surface area contributed by atoms with Crippen molar-refractivity contribution in [1.29, 1.82) is 0 Å². The number of rotatable bonds is 4. The number of nitrogens with zero attached hydrogens (tertiary/aromatic N) is 2. The first kappa shape index (κ1) is 12.3. The van der Waals surface area contributed by atoms with Crippen LogP contribution in [0.25, 0.3) is 0 Å². The summed E-state index contributed by atoms with van der Waals surface area (Å²) in [5, 5.41) is 1.01. The third kappa shape index (κ3) is 3.37. The Morgan fingerprint density at radius 2 is 2.00 bits per heavy atom. The lowest BCUT2D eigenvalue weighted by Crippen LogP contribution is -1.96. The van der Waals surface area contributed by atoms with Crippen molar-refractivity contribution < 1.29 is 13.5 Å². The van der Waals surface area contributed by atoms with E-state index in [0.717, 1.165) is 17.6 Å². The largest absolute Gasteiger partial charge is 0.464 e. The molecule has 0 fully saturated rings. The van der Waals surface area contributed by atoms with Crippen LogP contribution in [-0.2, 0) is 6.61 Å². The molecule has 2 rings (SSSR count). The SMILES string of the molecule is CSc1nsc(OCc2cc(F)cc(F)c2)n1. The molecule has 17 heavy (non-hydrogen) atoms. The van der Waals surface area contributed by atoms with E-state index in [4.69, 9.17) is 4.74 Å². The molecule has 0 aliphatic rings. The molecule has 0 aliphatic carbocycles. The predicted octanol–water partition coefficient (Wildman–Crippen LogP) is 3.12. The Morgan fingerprint density at radius 3 is 2.59 bits per heavy atom. The summed E-state index contributed by atoms with van der Waals surface area (Å²) < 4.78 is 35.1. The predicted molar refractivity (Wildman–Crippen MR) is 62.4 cm³/mol. The number of halogens is 2. The Kier molecular flexibility index (Phi) is 3.90. The summed E-state index contributed by atoms with van der Waals surface area (Å²) in [5.74, 6) is -1.24. The molecule has 0 aliphatic heterocycles. The molecule has 7 heteroatoms. The molecule has 0 bridgehead atoms. The van der Waals surface area contributed by atoms with E-state index in [2.05, 4.69) is 9.36 Å². The number of ether oxygens (including phenoxy) is 1. The van der Waals surface area contributed by atoms with Crippen molar-refractivity contribution in [3.63, 3.8) is 0 Å². The maximum absolute atomic E-state index is 12.9. The fraction of sp³-hybridized carbons (Fsp3) is 0.200. The highest BCUT2D eigenvalue weighted by atomic mass is 32.2. The van der Waals surface area contributed by atoms with Crippen molar-refractivity contribution in [3.05, 3.63) is 35.4 Å². The lowest BCUT2D eigenvalue weighted by atomic mass is 10.2. The maximum Gasteiger partial charge on any atom is 0.294 e. The van der Waals surface area contributed by atoms with Gasteiger partial charge in [0.25, 0.3) is 5.19 Å². The van der Waals surface area contributed by atoms with Crippen LogP contribution in [0.4, 0.5) is 8.78 Å². The summed E-state index contributed by atoms with van der Waals surface area (Å²) in [7, 11) is 0. The molecule has 1 heterocycles. The van der Waals surface area contributed by atoms with E-state index >= 15 is 0 Å². The van der Waals surface area contributed by atoms with Crippen molar-refractivity contribution in [2.24, 2.45) is 0 Å². The number of aromatic nitrogens is 2. The molecule has 0 spiro atoms. The second kappa shape index (κ2) is 5.42. The van der Waals surface area contributed by atoms with Crippen LogP contribution in [0.3, 0.4) is 0 Å². The molecule has 0 atom stereocenters. The van der Waals surface area contributed by atoms with Gasteiger partial charge in [0.05, 0.1) is 0 Å². The van der Waals surface area contributed by atoms with Gasteiger partial charge in [-0.1, -0.05) is 11.8 Å². The van der Waals surface area contributed by atoms with E-state index in [9.17, 15) is 8.78 Å². The van der Waals surface area contributed by atoms with Crippen molar-refractivity contribution in [2.75, 3.05) is 6.26 Å². The zero-order chi connectivity index (χ0) is 12.3. The van der Waals surface area contributed by atoms with Crippen LogP contribution in [0.15, 0.2) is 23.4 Å². The Labute approximate surface area is 105 Å².